The summed E-state index contributed by atoms with van der Waals surface area (Å²) < 4.78 is 5.32. The van der Waals surface area contributed by atoms with E-state index in [4.69, 9.17) is 22.1 Å². The highest BCUT2D eigenvalue weighted by atomic mass is 35.5. The summed E-state index contributed by atoms with van der Waals surface area (Å²) in [6.45, 7) is 6.09. The molecule has 1 unspecified atom stereocenters. The number of ether oxygens (including phenoxy) is 1. The lowest BCUT2D eigenvalue weighted by atomic mass is 9.79. The zero-order chi connectivity index (χ0) is 29.9. The lowest BCUT2D eigenvalue weighted by Crippen LogP contribution is -2.48. The molecule has 0 radical (unpaired) electrons. The summed E-state index contributed by atoms with van der Waals surface area (Å²) in [4.78, 5) is 52.4. The lowest BCUT2D eigenvalue weighted by molar-refractivity contribution is -0.142. The van der Waals surface area contributed by atoms with Crippen molar-refractivity contribution in [3.05, 3.63) is 70.2 Å². The molecule has 3 amide bonds. The first-order valence-corrected chi connectivity index (χ1v) is 14.4. The number of rotatable bonds is 7. The van der Waals surface area contributed by atoms with Gasteiger partial charge in [-0.1, -0.05) is 54.1 Å². The number of benzene rings is 2. The Morgan fingerprint density at radius 1 is 1.02 bits per heavy atom. The van der Waals surface area contributed by atoms with Crippen LogP contribution in [0.1, 0.15) is 79.8 Å². The van der Waals surface area contributed by atoms with Gasteiger partial charge in [-0.15, -0.1) is 0 Å². The first-order chi connectivity index (χ1) is 19.4. The maximum atomic E-state index is 14.0. The molecule has 0 spiro atoms. The molecule has 2 aromatic carbocycles. The summed E-state index contributed by atoms with van der Waals surface area (Å²) in [5.74, 6) is -2.89. The van der Waals surface area contributed by atoms with Crippen LogP contribution in [0.3, 0.4) is 0 Å². The van der Waals surface area contributed by atoms with E-state index in [1.807, 2.05) is 51.1 Å². The third kappa shape index (κ3) is 7.01. The molecule has 0 aromatic heterocycles. The van der Waals surface area contributed by atoms with Crippen LogP contribution in [0, 0.1) is 11.8 Å². The van der Waals surface area contributed by atoms with Gasteiger partial charge in [0.1, 0.15) is 11.6 Å². The number of halogens is 1. The molecule has 1 saturated carbocycles. The number of nitrogens with two attached hydrogens (primary N) is 1. The molecule has 4 N–H and O–H groups in total. The number of likely N-dealkylation sites (tertiary alicyclic amines) is 1. The molecule has 3 atom stereocenters. The van der Waals surface area contributed by atoms with Crippen molar-refractivity contribution in [3.8, 4) is 0 Å². The van der Waals surface area contributed by atoms with Crippen molar-refractivity contribution in [2.75, 3.05) is 13.1 Å². The second-order valence-corrected chi connectivity index (χ2v) is 12.4. The largest absolute Gasteiger partial charge is 0.478 e. The molecule has 41 heavy (non-hydrogen) atoms. The molecule has 0 bridgehead atoms. The highest BCUT2D eigenvalue weighted by Crippen LogP contribution is 2.47. The van der Waals surface area contributed by atoms with Gasteiger partial charge in [-0.2, -0.15) is 0 Å². The number of hydrogen-bond acceptors (Lipinski definition) is 5. The van der Waals surface area contributed by atoms with Gasteiger partial charge in [0.2, 0.25) is 11.8 Å². The quantitative estimate of drug-likeness (QED) is 0.422. The molecule has 220 valence electrons. The second kappa shape index (κ2) is 12.5. The summed E-state index contributed by atoms with van der Waals surface area (Å²) in [6.07, 6.45) is 2.29. The molecule has 2 fully saturated rings. The molecule has 2 aromatic rings. The van der Waals surface area contributed by atoms with Crippen LogP contribution in [0.25, 0.3) is 0 Å². The number of primary amides is 1. The highest BCUT2D eigenvalue weighted by molar-refractivity contribution is 6.34. The number of hydrogen-bond donors (Lipinski definition) is 3. The fourth-order valence-corrected chi connectivity index (χ4v) is 6.53. The van der Waals surface area contributed by atoms with Gasteiger partial charge >= 0.3 is 12.1 Å². The summed E-state index contributed by atoms with van der Waals surface area (Å²) >= 11 is 6.60. The smallest absolute Gasteiger partial charge is 0.407 e. The number of nitrogens with zero attached hydrogens (tertiary/aromatic N) is 1. The van der Waals surface area contributed by atoms with E-state index in [-0.39, 0.29) is 34.9 Å². The Labute approximate surface area is 245 Å². The Kier molecular flexibility index (Phi) is 9.27. The number of carboxylic acids is 1. The van der Waals surface area contributed by atoms with E-state index in [1.54, 1.807) is 17.0 Å². The van der Waals surface area contributed by atoms with Crippen molar-refractivity contribution in [1.29, 1.82) is 0 Å². The van der Waals surface area contributed by atoms with Gasteiger partial charge in [0, 0.05) is 30.8 Å². The Balaban J connectivity index is 1.54. The first kappa shape index (κ1) is 30.4. The summed E-state index contributed by atoms with van der Waals surface area (Å²) in [5.41, 5.74) is 6.75. The Morgan fingerprint density at radius 2 is 1.68 bits per heavy atom. The van der Waals surface area contributed by atoms with Crippen LogP contribution in [0.4, 0.5) is 4.79 Å². The predicted molar refractivity (Wildman–Crippen MR) is 155 cm³/mol. The average Bonchev–Trinajstić information content (AvgIpc) is 3.32. The van der Waals surface area contributed by atoms with Gasteiger partial charge < -0.3 is 25.8 Å². The van der Waals surface area contributed by atoms with E-state index in [0.29, 0.717) is 24.9 Å². The number of amides is 3. The van der Waals surface area contributed by atoms with E-state index >= 15 is 0 Å². The third-order valence-corrected chi connectivity index (χ3v) is 8.47. The van der Waals surface area contributed by atoms with Gasteiger partial charge in [-0.25, -0.2) is 9.59 Å². The number of carbonyl (C=O) groups excluding carboxylic acids is 3. The maximum Gasteiger partial charge on any atom is 0.407 e. The van der Waals surface area contributed by atoms with Crippen molar-refractivity contribution < 1.29 is 29.0 Å². The molecular formula is C31H38ClN3O6. The van der Waals surface area contributed by atoms with Gasteiger partial charge in [0.05, 0.1) is 10.6 Å². The van der Waals surface area contributed by atoms with Crippen molar-refractivity contribution in [2.24, 2.45) is 17.6 Å². The Hall–Kier alpha value is -3.59. The fraction of sp³-hybridized carbons (Fsp3) is 0.484. The normalized spacial score (nSPS) is 24.5. The minimum absolute atomic E-state index is 0.0327. The molecule has 1 aliphatic carbocycles. The molecule has 2 aliphatic rings. The molecule has 9 nitrogen and oxygen atoms in total. The molecule has 1 aliphatic heterocycles. The summed E-state index contributed by atoms with van der Waals surface area (Å²) in [6, 6.07) is 13.3. The van der Waals surface area contributed by atoms with Gasteiger partial charge in [-0.3, -0.25) is 9.59 Å². The van der Waals surface area contributed by atoms with Gasteiger partial charge in [-0.05, 0) is 69.6 Å². The lowest BCUT2D eigenvalue weighted by Gasteiger charge is -2.33. The van der Waals surface area contributed by atoms with Crippen LogP contribution in [-0.2, 0) is 14.3 Å². The van der Waals surface area contributed by atoms with Crippen LogP contribution >= 0.6 is 11.6 Å². The molecule has 1 saturated heterocycles. The highest BCUT2D eigenvalue weighted by Gasteiger charge is 2.50. The van der Waals surface area contributed by atoms with Crippen LogP contribution in [0.2, 0.25) is 5.02 Å². The average molecular weight is 584 g/mol. The predicted octanol–water partition coefficient (Wildman–Crippen LogP) is 4.93. The fourth-order valence-electron chi connectivity index (χ4n) is 6.18. The van der Waals surface area contributed by atoms with Crippen LogP contribution in [-0.4, -0.2) is 58.6 Å². The molecule has 1 heterocycles. The maximum absolute atomic E-state index is 14.0. The Bertz CT molecular complexity index is 1290. The standard InChI is InChI=1S/C31H38ClN3O6/c1-31(2,3)41-30(40)34-16-18-12-14-20(15-13-18)28(37)35-17-23(21-10-7-11-22(25(21)32)29(38)39)24(26(35)27(33)36)19-8-5-4-6-9-19/h4-11,18,20,23-24,26H,12-17H2,1-3H3,(H2,33,36)(H,34,40)(H,38,39)/t18-,20-,23?,24-,26+/m1/s1. The number of carbonyl (C=O) groups is 4. The number of nitrogens with one attached hydrogen (secondary N) is 1. The van der Waals surface area contributed by atoms with Gasteiger partial charge in [0.15, 0.2) is 0 Å². The number of carboxylic acid groups (broad SMARTS) is 1. The zero-order valence-electron chi connectivity index (χ0n) is 23.6. The van der Waals surface area contributed by atoms with Crippen molar-refractivity contribution in [2.45, 2.75) is 69.9 Å². The minimum Gasteiger partial charge on any atom is -0.478 e. The van der Waals surface area contributed by atoms with E-state index in [0.717, 1.165) is 18.4 Å². The van der Waals surface area contributed by atoms with Crippen molar-refractivity contribution in [3.63, 3.8) is 0 Å². The van der Waals surface area contributed by atoms with E-state index < -0.39 is 41.4 Å². The topological polar surface area (TPSA) is 139 Å². The molecular weight excluding hydrogens is 546 g/mol. The number of alkyl carbamates (subject to hydrolysis) is 1. The minimum atomic E-state index is -1.15. The molecule has 10 heteroatoms. The van der Waals surface area contributed by atoms with Crippen molar-refractivity contribution in [1.82, 2.24) is 10.2 Å². The second-order valence-electron chi connectivity index (χ2n) is 12.0. The van der Waals surface area contributed by atoms with Gasteiger partial charge in [0.25, 0.3) is 0 Å². The molecule has 4 rings (SSSR count). The Morgan fingerprint density at radius 3 is 2.27 bits per heavy atom. The van der Waals surface area contributed by atoms with Crippen LogP contribution < -0.4 is 11.1 Å². The van der Waals surface area contributed by atoms with Crippen LogP contribution in [0.5, 0.6) is 0 Å². The monoisotopic (exact) mass is 583 g/mol. The SMILES string of the molecule is CC(C)(C)OC(=O)NC[C@H]1CC[C@H](C(=O)N2CC(c3cccc(C(=O)O)c3Cl)[C@@H](c3ccccc3)[C@H]2C(N)=O)CC1. The number of aromatic carboxylic acids is 1. The zero-order valence-corrected chi connectivity index (χ0v) is 24.4. The van der Waals surface area contributed by atoms with E-state index in [2.05, 4.69) is 5.32 Å². The third-order valence-electron chi connectivity index (χ3n) is 8.05. The van der Waals surface area contributed by atoms with E-state index in [1.165, 1.54) is 6.07 Å². The van der Waals surface area contributed by atoms with Crippen LogP contribution in [0.15, 0.2) is 48.5 Å². The summed E-state index contributed by atoms with van der Waals surface area (Å²) in [5, 5.41) is 12.6. The van der Waals surface area contributed by atoms with E-state index in [9.17, 15) is 24.3 Å². The first-order valence-electron chi connectivity index (χ1n) is 14.0. The summed E-state index contributed by atoms with van der Waals surface area (Å²) in [7, 11) is 0. The van der Waals surface area contributed by atoms with Crippen molar-refractivity contribution >= 4 is 35.5 Å².